The van der Waals surface area contributed by atoms with Gasteiger partial charge in [0, 0.05) is 31.4 Å². The van der Waals surface area contributed by atoms with E-state index in [1.165, 1.54) is 16.3 Å². The van der Waals surface area contributed by atoms with Gasteiger partial charge in [-0.05, 0) is 47.9 Å². The summed E-state index contributed by atoms with van der Waals surface area (Å²) in [5.41, 5.74) is 3.43. The minimum absolute atomic E-state index is 0.0454. The van der Waals surface area contributed by atoms with Crippen LogP contribution in [0.3, 0.4) is 0 Å². The average molecular weight is 405 g/mol. The molecule has 2 atom stereocenters. The first-order valence-corrected chi connectivity index (χ1v) is 10.4. The summed E-state index contributed by atoms with van der Waals surface area (Å²) >= 11 is 0. The first-order valence-electron chi connectivity index (χ1n) is 10.4. The van der Waals surface area contributed by atoms with Gasteiger partial charge >= 0.3 is 5.97 Å². The quantitative estimate of drug-likeness (QED) is 0.638. The molecule has 1 heterocycles. The molecule has 2 N–H and O–H groups in total. The van der Waals surface area contributed by atoms with E-state index in [0.29, 0.717) is 12.2 Å². The summed E-state index contributed by atoms with van der Waals surface area (Å²) in [7, 11) is 0. The number of benzene rings is 3. The summed E-state index contributed by atoms with van der Waals surface area (Å²) < 4.78 is 6.00. The second-order valence-corrected chi connectivity index (χ2v) is 7.89. The van der Waals surface area contributed by atoms with Gasteiger partial charge in [-0.15, -0.1) is 0 Å². The van der Waals surface area contributed by atoms with Crippen molar-refractivity contribution in [3.63, 3.8) is 0 Å². The fourth-order valence-corrected chi connectivity index (χ4v) is 4.31. The normalized spacial score (nSPS) is 17.8. The highest BCUT2D eigenvalue weighted by Crippen LogP contribution is 2.26. The van der Waals surface area contributed by atoms with Crippen molar-refractivity contribution in [1.82, 2.24) is 5.32 Å². The lowest BCUT2D eigenvalue weighted by atomic mass is 9.99. The Morgan fingerprint density at radius 1 is 1.17 bits per heavy atom. The molecule has 0 saturated carbocycles. The van der Waals surface area contributed by atoms with Crippen LogP contribution in [0.1, 0.15) is 34.5 Å². The zero-order chi connectivity index (χ0) is 21.1. The van der Waals surface area contributed by atoms with Gasteiger partial charge in [0.2, 0.25) is 0 Å². The number of rotatable bonds is 6. The lowest BCUT2D eigenvalue weighted by Crippen LogP contribution is -2.47. The Labute approximate surface area is 177 Å². The van der Waals surface area contributed by atoms with Crippen LogP contribution < -0.4 is 10.2 Å². The fourth-order valence-electron chi connectivity index (χ4n) is 4.31. The molecule has 0 aromatic heterocycles. The SMILES string of the molecule is Cc1c(C(=O)O)cccc1N1CCOC(CN[C@H](C)c2cccc3ccccc23)C1. The number of ether oxygens (including phenoxy) is 1. The van der Waals surface area contributed by atoms with Crippen LogP contribution in [0.5, 0.6) is 0 Å². The Morgan fingerprint density at radius 3 is 2.77 bits per heavy atom. The van der Waals surface area contributed by atoms with Crippen LogP contribution in [0.15, 0.2) is 60.7 Å². The number of hydrogen-bond donors (Lipinski definition) is 2. The van der Waals surface area contributed by atoms with Gasteiger partial charge in [0.25, 0.3) is 0 Å². The third-order valence-corrected chi connectivity index (χ3v) is 5.96. The molecular formula is C25H28N2O3. The van der Waals surface area contributed by atoms with Crippen LogP contribution in [0, 0.1) is 6.92 Å². The number of morpholine rings is 1. The maximum Gasteiger partial charge on any atom is 0.336 e. The molecule has 5 nitrogen and oxygen atoms in total. The number of carboxylic acid groups (broad SMARTS) is 1. The molecule has 5 heteroatoms. The molecule has 1 unspecified atom stereocenters. The van der Waals surface area contributed by atoms with Crippen molar-refractivity contribution in [1.29, 1.82) is 0 Å². The Morgan fingerprint density at radius 2 is 1.93 bits per heavy atom. The first-order chi connectivity index (χ1) is 14.5. The lowest BCUT2D eigenvalue weighted by Gasteiger charge is -2.36. The number of hydrogen-bond acceptors (Lipinski definition) is 4. The van der Waals surface area contributed by atoms with E-state index < -0.39 is 5.97 Å². The molecule has 0 spiro atoms. The zero-order valence-electron chi connectivity index (χ0n) is 17.5. The van der Waals surface area contributed by atoms with E-state index >= 15 is 0 Å². The van der Waals surface area contributed by atoms with Crippen LogP contribution in [-0.2, 0) is 4.74 Å². The molecule has 1 saturated heterocycles. The summed E-state index contributed by atoms with van der Waals surface area (Å²) in [6.45, 7) is 6.93. The van der Waals surface area contributed by atoms with Crippen molar-refractivity contribution in [2.24, 2.45) is 0 Å². The molecule has 0 amide bonds. The molecule has 156 valence electrons. The Balaban J connectivity index is 1.43. The number of nitrogens with zero attached hydrogens (tertiary/aromatic N) is 1. The molecule has 30 heavy (non-hydrogen) atoms. The molecule has 0 bridgehead atoms. The van der Waals surface area contributed by atoms with Crippen LogP contribution in [0.2, 0.25) is 0 Å². The van der Waals surface area contributed by atoms with Crippen molar-refractivity contribution in [2.45, 2.75) is 26.0 Å². The number of carbonyl (C=O) groups is 1. The van der Waals surface area contributed by atoms with E-state index in [9.17, 15) is 9.90 Å². The highest BCUT2D eigenvalue weighted by atomic mass is 16.5. The Bertz CT molecular complexity index is 1040. The van der Waals surface area contributed by atoms with Gasteiger partial charge < -0.3 is 20.1 Å². The molecule has 1 aliphatic heterocycles. The van der Waals surface area contributed by atoms with Crippen molar-refractivity contribution in [3.05, 3.63) is 77.4 Å². The number of fused-ring (bicyclic) bond motifs is 1. The summed E-state index contributed by atoms with van der Waals surface area (Å²) in [6, 6.07) is 20.5. The number of carboxylic acids is 1. The lowest BCUT2D eigenvalue weighted by molar-refractivity contribution is 0.0394. The van der Waals surface area contributed by atoms with E-state index in [2.05, 4.69) is 59.6 Å². The number of aromatic carboxylic acids is 1. The van der Waals surface area contributed by atoms with Gasteiger partial charge in [-0.1, -0.05) is 48.5 Å². The van der Waals surface area contributed by atoms with E-state index in [-0.39, 0.29) is 12.1 Å². The number of nitrogens with one attached hydrogen (secondary N) is 1. The summed E-state index contributed by atoms with van der Waals surface area (Å²) in [4.78, 5) is 13.7. The predicted octanol–water partition coefficient (Wildman–Crippen LogP) is 4.40. The third kappa shape index (κ3) is 4.18. The second kappa shape index (κ2) is 8.86. The number of anilines is 1. The van der Waals surface area contributed by atoms with Gasteiger partial charge in [-0.3, -0.25) is 0 Å². The average Bonchev–Trinajstić information content (AvgIpc) is 2.77. The van der Waals surface area contributed by atoms with Crippen LogP contribution in [0.25, 0.3) is 10.8 Å². The maximum atomic E-state index is 11.5. The molecular weight excluding hydrogens is 376 g/mol. The standard InChI is InChI=1S/C25H28N2O3/c1-17-21(25(28)29)10-6-12-24(17)27-13-14-30-20(16-27)15-26-18(2)22-11-5-8-19-7-3-4-9-23(19)22/h3-12,18,20,26H,13-16H2,1-2H3,(H,28,29)/t18-,20?/m1/s1. The van der Waals surface area contributed by atoms with E-state index in [1.54, 1.807) is 6.07 Å². The first kappa shape index (κ1) is 20.4. The Kier molecular flexibility index (Phi) is 6.02. The molecule has 1 fully saturated rings. The molecule has 3 aromatic carbocycles. The van der Waals surface area contributed by atoms with Crippen LogP contribution in [-0.4, -0.2) is 43.4 Å². The highest BCUT2D eigenvalue weighted by molar-refractivity contribution is 5.91. The van der Waals surface area contributed by atoms with Crippen molar-refractivity contribution in [3.8, 4) is 0 Å². The van der Waals surface area contributed by atoms with E-state index in [0.717, 1.165) is 30.9 Å². The fraction of sp³-hybridized carbons (Fsp3) is 0.320. The minimum atomic E-state index is -0.885. The smallest absolute Gasteiger partial charge is 0.336 e. The van der Waals surface area contributed by atoms with E-state index in [1.807, 2.05) is 19.1 Å². The highest BCUT2D eigenvalue weighted by Gasteiger charge is 2.24. The monoisotopic (exact) mass is 404 g/mol. The van der Waals surface area contributed by atoms with E-state index in [4.69, 9.17) is 4.74 Å². The van der Waals surface area contributed by atoms with Gasteiger partial charge in [0.15, 0.2) is 0 Å². The third-order valence-electron chi connectivity index (χ3n) is 5.96. The summed E-state index contributed by atoms with van der Waals surface area (Å²) in [5.74, 6) is -0.885. The van der Waals surface area contributed by atoms with Crippen LogP contribution in [0.4, 0.5) is 5.69 Å². The molecule has 0 radical (unpaired) electrons. The molecule has 3 aromatic rings. The summed E-state index contributed by atoms with van der Waals surface area (Å²) in [5, 5.41) is 15.6. The largest absolute Gasteiger partial charge is 0.478 e. The topological polar surface area (TPSA) is 61.8 Å². The second-order valence-electron chi connectivity index (χ2n) is 7.89. The van der Waals surface area contributed by atoms with Gasteiger partial charge in [0.05, 0.1) is 18.3 Å². The van der Waals surface area contributed by atoms with Crippen molar-refractivity contribution >= 4 is 22.4 Å². The zero-order valence-corrected chi connectivity index (χ0v) is 17.5. The molecule has 1 aliphatic rings. The van der Waals surface area contributed by atoms with Crippen molar-refractivity contribution in [2.75, 3.05) is 31.1 Å². The van der Waals surface area contributed by atoms with Crippen LogP contribution >= 0.6 is 0 Å². The Hall–Kier alpha value is -2.89. The van der Waals surface area contributed by atoms with Crippen molar-refractivity contribution < 1.29 is 14.6 Å². The molecule has 4 rings (SSSR count). The molecule has 0 aliphatic carbocycles. The van der Waals surface area contributed by atoms with Gasteiger partial charge in [-0.25, -0.2) is 4.79 Å². The summed E-state index contributed by atoms with van der Waals surface area (Å²) in [6.07, 6.45) is 0.0454. The predicted molar refractivity (Wildman–Crippen MR) is 120 cm³/mol. The minimum Gasteiger partial charge on any atom is -0.478 e. The maximum absolute atomic E-state index is 11.5. The van der Waals surface area contributed by atoms with Gasteiger partial charge in [0.1, 0.15) is 0 Å². The van der Waals surface area contributed by atoms with Gasteiger partial charge in [-0.2, -0.15) is 0 Å².